The number of nitrogens with one attached hydrogen (secondary N) is 1. The highest BCUT2D eigenvalue weighted by atomic mass is 35.5. The SMILES string of the molecule is C=C(N)c1cc(Cl)cn(C(CCC)c2cc(F)ccc2C)c1=N. The van der Waals surface area contributed by atoms with Gasteiger partial charge in [-0.05, 0) is 42.7 Å². The Morgan fingerprint density at radius 1 is 1.43 bits per heavy atom. The Hall–Kier alpha value is -2.07. The number of nitrogens with zero attached hydrogens (tertiary/aromatic N) is 1. The summed E-state index contributed by atoms with van der Waals surface area (Å²) in [5.74, 6) is -0.288. The Kier molecular flexibility index (Phi) is 5.26. The van der Waals surface area contributed by atoms with Crippen molar-refractivity contribution in [3.63, 3.8) is 0 Å². The Morgan fingerprint density at radius 2 is 2.13 bits per heavy atom. The van der Waals surface area contributed by atoms with Gasteiger partial charge < -0.3 is 10.3 Å². The number of halogens is 2. The molecule has 0 spiro atoms. The van der Waals surface area contributed by atoms with E-state index in [1.165, 1.54) is 12.1 Å². The minimum absolute atomic E-state index is 0.181. The molecule has 1 unspecified atom stereocenters. The van der Waals surface area contributed by atoms with Crippen molar-refractivity contribution < 1.29 is 4.39 Å². The van der Waals surface area contributed by atoms with Gasteiger partial charge >= 0.3 is 0 Å². The van der Waals surface area contributed by atoms with Gasteiger partial charge in [0.1, 0.15) is 11.3 Å². The molecule has 2 rings (SSSR count). The van der Waals surface area contributed by atoms with Gasteiger partial charge in [-0.2, -0.15) is 0 Å². The van der Waals surface area contributed by atoms with Crippen LogP contribution in [0.15, 0.2) is 37.0 Å². The van der Waals surface area contributed by atoms with Gasteiger partial charge in [0.2, 0.25) is 0 Å². The van der Waals surface area contributed by atoms with Crippen LogP contribution in [-0.2, 0) is 0 Å². The molecule has 0 aliphatic heterocycles. The molecule has 3 N–H and O–H groups in total. The van der Waals surface area contributed by atoms with E-state index >= 15 is 0 Å². The van der Waals surface area contributed by atoms with Crippen molar-refractivity contribution in [1.82, 2.24) is 4.57 Å². The molecular weight excluding hydrogens is 313 g/mol. The molecule has 1 atom stereocenters. The van der Waals surface area contributed by atoms with Crippen LogP contribution in [0, 0.1) is 18.2 Å². The topological polar surface area (TPSA) is 54.8 Å². The van der Waals surface area contributed by atoms with Gasteiger partial charge in [0.05, 0.1) is 11.1 Å². The normalized spacial score (nSPS) is 12.2. The number of hydrogen-bond donors (Lipinski definition) is 2. The molecule has 0 fully saturated rings. The van der Waals surface area contributed by atoms with E-state index in [9.17, 15) is 4.39 Å². The summed E-state index contributed by atoms with van der Waals surface area (Å²) in [7, 11) is 0. The average molecular weight is 334 g/mol. The molecule has 0 saturated heterocycles. The minimum Gasteiger partial charge on any atom is -0.399 e. The average Bonchev–Trinajstić information content (AvgIpc) is 2.49. The van der Waals surface area contributed by atoms with Crippen LogP contribution in [0.5, 0.6) is 0 Å². The molecule has 122 valence electrons. The zero-order valence-corrected chi connectivity index (χ0v) is 14.1. The number of aryl methyl sites for hydroxylation is 1. The largest absolute Gasteiger partial charge is 0.399 e. The molecule has 3 nitrogen and oxygen atoms in total. The summed E-state index contributed by atoms with van der Waals surface area (Å²) >= 11 is 6.19. The lowest BCUT2D eigenvalue weighted by Gasteiger charge is -2.24. The summed E-state index contributed by atoms with van der Waals surface area (Å²) in [6, 6.07) is 6.17. The second-order valence-electron chi connectivity index (χ2n) is 5.66. The van der Waals surface area contributed by atoms with Gasteiger partial charge in [0, 0.05) is 17.5 Å². The van der Waals surface area contributed by atoms with Crippen molar-refractivity contribution in [3.8, 4) is 0 Å². The lowest BCUT2D eigenvalue weighted by molar-refractivity contribution is 0.502. The molecule has 1 aromatic carbocycles. The Balaban J connectivity index is 2.70. The number of nitrogens with two attached hydrogens (primary N) is 1. The van der Waals surface area contributed by atoms with Gasteiger partial charge in [-0.3, -0.25) is 5.41 Å². The highest BCUT2D eigenvalue weighted by Crippen LogP contribution is 2.27. The summed E-state index contributed by atoms with van der Waals surface area (Å²) in [6.07, 6.45) is 3.34. The van der Waals surface area contributed by atoms with Crippen molar-refractivity contribution in [1.29, 1.82) is 5.41 Å². The van der Waals surface area contributed by atoms with E-state index in [1.807, 2.05) is 6.92 Å². The molecule has 1 aromatic heterocycles. The van der Waals surface area contributed by atoms with Gasteiger partial charge in [0.15, 0.2) is 0 Å². The monoisotopic (exact) mass is 333 g/mol. The molecule has 0 bridgehead atoms. The first-order valence-electron chi connectivity index (χ1n) is 7.52. The van der Waals surface area contributed by atoms with Gasteiger partial charge in [-0.15, -0.1) is 0 Å². The fraction of sp³-hybridized carbons (Fsp3) is 0.278. The fourth-order valence-electron chi connectivity index (χ4n) is 2.76. The summed E-state index contributed by atoms with van der Waals surface area (Å²) in [5, 5.41) is 8.90. The number of benzene rings is 1. The molecule has 0 radical (unpaired) electrons. The van der Waals surface area contributed by atoms with Crippen molar-refractivity contribution in [2.75, 3.05) is 0 Å². The third-order valence-electron chi connectivity index (χ3n) is 3.90. The van der Waals surface area contributed by atoms with Crippen LogP contribution in [0.2, 0.25) is 5.02 Å². The maximum Gasteiger partial charge on any atom is 0.134 e. The van der Waals surface area contributed by atoms with Gasteiger partial charge in [-0.25, -0.2) is 4.39 Å². The third-order valence-corrected chi connectivity index (χ3v) is 4.11. The van der Waals surface area contributed by atoms with E-state index in [2.05, 4.69) is 13.5 Å². The fourth-order valence-corrected chi connectivity index (χ4v) is 2.97. The second-order valence-corrected chi connectivity index (χ2v) is 6.09. The Bertz CT molecular complexity index is 795. The van der Waals surface area contributed by atoms with E-state index < -0.39 is 0 Å². The number of rotatable bonds is 5. The highest BCUT2D eigenvalue weighted by molar-refractivity contribution is 6.30. The predicted octanol–water partition coefficient (Wildman–Crippen LogP) is 4.39. The van der Waals surface area contributed by atoms with Crippen LogP contribution >= 0.6 is 11.6 Å². The molecule has 0 aliphatic carbocycles. The molecule has 5 heteroatoms. The molecule has 0 aliphatic rings. The highest BCUT2D eigenvalue weighted by Gasteiger charge is 2.18. The van der Waals surface area contributed by atoms with Crippen molar-refractivity contribution in [3.05, 3.63) is 70.1 Å². The van der Waals surface area contributed by atoms with Crippen molar-refractivity contribution in [2.24, 2.45) is 5.73 Å². The van der Waals surface area contributed by atoms with Crippen LogP contribution in [0.25, 0.3) is 5.70 Å². The van der Waals surface area contributed by atoms with Gasteiger partial charge in [0.25, 0.3) is 0 Å². The zero-order valence-electron chi connectivity index (χ0n) is 13.4. The molecule has 1 heterocycles. The van der Waals surface area contributed by atoms with Crippen molar-refractivity contribution in [2.45, 2.75) is 32.7 Å². The number of pyridine rings is 1. The summed E-state index contributed by atoms with van der Waals surface area (Å²) in [4.78, 5) is 0. The quantitative estimate of drug-likeness (QED) is 0.837. The van der Waals surface area contributed by atoms with E-state index in [0.29, 0.717) is 10.6 Å². The Morgan fingerprint density at radius 3 is 2.74 bits per heavy atom. The summed E-state index contributed by atoms with van der Waals surface area (Å²) in [6.45, 7) is 7.70. The van der Waals surface area contributed by atoms with E-state index in [-0.39, 0.29) is 23.0 Å². The van der Waals surface area contributed by atoms with Gasteiger partial charge in [-0.1, -0.05) is 37.6 Å². The lowest BCUT2D eigenvalue weighted by atomic mass is 9.97. The predicted molar refractivity (Wildman–Crippen MR) is 92.7 cm³/mol. The summed E-state index contributed by atoms with van der Waals surface area (Å²) < 4.78 is 15.5. The Labute approximate surface area is 140 Å². The van der Waals surface area contributed by atoms with E-state index in [1.54, 1.807) is 22.9 Å². The van der Waals surface area contributed by atoms with Crippen LogP contribution in [-0.4, -0.2) is 4.57 Å². The maximum atomic E-state index is 13.7. The van der Waals surface area contributed by atoms with Crippen LogP contribution in [0.3, 0.4) is 0 Å². The molecule has 2 aromatic rings. The zero-order chi connectivity index (χ0) is 17.1. The smallest absolute Gasteiger partial charge is 0.134 e. The molecular formula is C18H21ClFN3. The number of aromatic nitrogens is 1. The summed E-state index contributed by atoms with van der Waals surface area (Å²) in [5.41, 5.74) is 8.61. The standard InChI is InChI=1S/C18H21ClFN3/c1-4-5-17(15-9-14(20)7-6-11(15)2)23-10-13(19)8-16(12(3)21)18(23)22/h6-10,17,22H,3-5,21H2,1-2H3. The first kappa shape index (κ1) is 17.3. The molecule has 0 amide bonds. The first-order valence-corrected chi connectivity index (χ1v) is 7.90. The minimum atomic E-state index is -0.288. The number of hydrogen-bond acceptors (Lipinski definition) is 2. The van der Waals surface area contributed by atoms with E-state index in [4.69, 9.17) is 22.7 Å². The third kappa shape index (κ3) is 3.64. The van der Waals surface area contributed by atoms with Crippen molar-refractivity contribution >= 4 is 17.3 Å². The van der Waals surface area contributed by atoms with Crippen LogP contribution in [0.1, 0.15) is 42.5 Å². The second kappa shape index (κ2) is 7.01. The first-order chi connectivity index (χ1) is 10.8. The molecule has 23 heavy (non-hydrogen) atoms. The lowest BCUT2D eigenvalue weighted by Crippen LogP contribution is -2.29. The molecule has 0 saturated carbocycles. The van der Waals surface area contributed by atoms with Crippen LogP contribution in [0.4, 0.5) is 4.39 Å². The van der Waals surface area contributed by atoms with Crippen LogP contribution < -0.4 is 11.2 Å². The maximum absolute atomic E-state index is 13.7. The van der Waals surface area contributed by atoms with E-state index in [0.717, 1.165) is 24.0 Å².